The number of carbonyl (C=O) groups is 2. The maximum Gasteiger partial charge on any atom is 0.237 e. The molecular weight excluding hydrogens is 321 g/mol. The number of nitrogens with one attached hydrogen (secondary N) is 2. The van der Waals surface area contributed by atoms with Gasteiger partial charge in [0.1, 0.15) is 5.82 Å². The highest BCUT2D eigenvalue weighted by Crippen LogP contribution is 2.19. The molecule has 2 N–H and O–H groups in total. The van der Waals surface area contributed by atoms with Crippen molar-refractivity contribution in [3.63, 3.8) is 0 Å². The molecule has 0 aromatic heterocycles. The number of likely N-dealkylation sites (tertiary alicyclic amines) is 1. The smallest absolute Gasteiger partial charge is 0.237 e. The first-order valence-electron chi connectivity index (χ1n) is 8.87. The van der Waals surface area contributed by atoms with E-state index in [1.165, 1.54) is 12.1 Å². The van der Waals surface area contributed by atoms with Crippen LogP contribution in [0.25, 0.3) is 0 Å². The summed E-state index contributed by atoms with van der Waals surface area (Å²) in [6, 6.07) is 5.91. The lowest BCUT2D eigenvalue weighted by Crippen LogP contribution is -2.54. The maximum absolute atomic E-state index is 13.6. The molecular formula is C19H28FN3O2. The van der Waals surface area contributed by atoms with E-state index < -0.39 is 5.82 Å². The molecule has 1 unspecified atom stereocenters. The lowest BCUT2D eigenvalue weighted by atomic mass is 9.99. The Kier molecular flexibility index (Phi) is 6.53. The number of anilines is 1. The second kappa shape index (κ2) is 8.43. The highest BCUT2D eigenvalue weighted by molar-refractivity contribution is 5.91. The predicted molar refractivity (Wildman–Crippen MR) is 96.8 cm³/mol. The van der Waals surface area contributed by atoms with E-state index in [0.29, 0.717) is 6.54 Å². The van der Waals surface area contributed by atoms with Crippen LogP contribution >= 0.6 is 0 Å². The van der Waals surface area contributed by atoms with Gasteiger partial charge in [0.25, 0.3) is 0 Å². The monoisotopic (exact) mass is 349 g/mol. The normalized spacial score (nSPS) is 18.6. The molecule has 25 heavy (non-hydrogen) atoms. The summed E-state index contributed by atoms with van der Waals surface area (Å²) in [7, 11) is 0. The molecule has 0 aliphatic carbocycles. The van der Waals surface area contributed by atoms with Crippen LogP contribution in [0.5, 0.6) is 0 Å². The molecule has 1 aromatic carbocycles. The average molecular weight is 349 g/mol. The standard InChI is InChI=1S/C19H28FN3O2/c1-19(2,3)22-18(25)16-10-6-7-12-23(16)13-11-17(24)21-15-9-5-4-8-14(15)20/h4-5,8-9,16H,6-7,10-13H2,1-3H3,(H,21,24)(H,22,25). The molecule has 138 valence electrons. The van der Waals surface area contributed by atoms with Crippen LogP contribution in [-0.4, -0.2) is 41.4 Å². The van der Waals surface area contributed by atoms with E-state index in [2.05, 4.69) is 15.5 Å². The second-order valence-electron chi connectivity index (χ2n) is 7.56. The fourth-order valence-electron chi connectivity index (χ4n) is 3.03. The second-order valence-corrected chi connectivity index (χ2v) is 7.56. The number of amides is 2. The molecule has 0 spiro atoms. The van der Waals surface area contributed by atoms with E-state index in [1.54, 1.807) is 12.1 Å². The molecule has 1 saturated heterocycles. The summed E-state index contributed by atoms with van der Waals surface area (Å²) in [6.07, 6.45) is 3.07. The minimum absolute atomic E-state index is 0.0155. The highest BCUT2D eigenvalue weighted by Gasteiger charge is 2.30. The minimum Gasteiger partial charge on any atom is -0.350 e. The number of hydrogen-bond acceptors (Lipinski definition) is 3. The number of nitrogens with zero attached hydrogens (tertiary/aromatic N) is 1. The maximum atomic E-state index is 13.6. The van der Waals surface area contributed by atoms with Crippen molar-refractivity contribution in [1.82, 2.24) is 10.2 Å². The van der Waals surface area contributed by atoms with Gasteiger partial charge in [-0.1, -0.05) is 18.6 Å². The van der Waals surface area contributed by atoms with Gasteiger partial charge in [-0.2, -0.15) is 0 Å². The summed E-state index contributed by atoms with van der Waals surface area (Å²) in [6.45, 7) is 7.16. The summed E-state index contributed by atoms with van der Waals surface area (Å²) < 4.78 is 13.6. The first-order chi connectivity index (χ1) is 11.8. The molecule has 1 heterocycles. The van der Waals surface area contributed by atoms with Crippen LogP contribution in [0.1, 0.15) is 46.5 Å². The zero-order valence-electron chi connectivity index (χ0n) is 15.3. The Labute approximate surface area is 149 Å². The first kappa shape index (κ1) is 19.4. The van der Waals surface area contributed by atoms with Gasteiger partial charge >= 0.3 is 0 Å². The van der Waals surface area contributed by atoms with Crippen molar-refractivity contribution in [2.75, 3.05) is 18.4 Å². The Morgan fingerprint density at radius 2 is 1.96 bits per heavy atom. The van der Waals surface area contributed by atoms with Gasteiger partial charge in [-0.15, -0.1) is 0 Å². The number of para-hydroxylation sites is 1. The number of rotatable bonds is 5. The summed E-state index contributed by atoms with van der Waals surface area (Å²) in [4.78, 5) is 26.7. The molecule has 1 aliphatic rings. The van der Waals surface area contributed by atoms with E-state index in [0.717, 1.165) is 25.8 Å². The van der Waals surface area contributed by atoms with E-state index in [-0.39, 0.29) is 35.5 Å². The van der Waals surface area contributed by atoms with Crippen molar-refractivity contribution >= 4 is 17.5 Å². The first-order valence-corrected chi connectivity index (χ1v) is 8.87. The van der Waals surface area contributed by atoms with E-state index >= 15 is 0 Å². The fourth-order valence-corrected chi connectivity index (χ4v) is 3.03. The lowest BCUT2D eigenvalue weighted by molar-refractivity contribution is -0.129. The molecule has 0 radical (unpaired) electrons. The van der Waals surface area contributed by atoms with Gasteiger partial charge in [-0.3, -0.25) is 14.5 Å². The molecule has 1 fully saturated rings. The van der Waals surface area contributed by atoms with Crippen molar-refractivity contribution in [2.24, 2.45) is 0 Å². The molecule has 0 saturated carbocycles. The third-order valence-corrected chi connectivity index (χ3v) is 4.19. The molecule has 1 aromatic rings. The quantitative estimate of drug-likeness (QED) is 0.859. The Bertz CT molecular complexity index is 613. The van der Waals surface area contributed by atoms with Crippen molar-refractivity contribution in [2.45, 2.75) is 58.0 Å². The molecule has 1 aliphatic heterocycles. The van der Waals surface area contributed by atoms with E-state index in [1.807, 2.05) is 20.8 Å². The molecule has 5 nitrogen and oxygen atoms in total. The zero-order chi connectivity index (χ0) is 18.4. The third kappa shape index (κ3) is 6.12. The van der Waals surface area contributed by atoms with Crippen LogP contribution in [-0.2, 0) is 9.59 Å². The molecule has 6 heteroatoms. The van der Waals surface area contributed by atoms with Gasteiger partial charge in [0.05, 0.1) is 11.7 Å². The fraction of sp³-hybridized carbons (Fsp3) is 0.579. The Morgan fingerprint density at radius 3 is 2.64 bits per heavy atom. The lowest BCUT2D eigenvalue weighted by Gasteiger charge is -2.36. The summed E-state index contributed by atoms with van der Waals surface area (Å²) in [5.74, 6) is -0.677. The molecule has 0 bridgehead atoms. The predicted octanol–water partition coefficient (Wildman–Crippen LogP) is 2.92. The summed E-state index contributed by atoms with van der Waals surface area (Å²) in [5, 5.41) is 5.61. The Morgan fingerprint density at radius 1 is 1.24 bits per heavy atom. The number of carbonyl (C=O) groups excluding carboxylic acids is 2. The Balaban J connectivity index is 1.89. The van der Waals surface area contributed by atoms with E-state index in [4.69, 9.17) is 0 Å². The van der Waals surface area contributed by atoms with Crippen molar-refractivity contribution in [1.29, 1.82) is 0 Å². The third-order valence-electron chi connectivity index (χ3n) is 4.19. The number of benzene rings is 1. The molecule has 2 rings (SSSR count). The SMILES string of the molecule is CC(C)(C)NC(=O)C1CCCCN1CCC(=O)Nc1ccccc1F. The summed E-state index contributed by atoms with van der Waals surface area (Å²) >= 11 is 0. The highest BCUT2D eigenvalue weighted by atomic mass is 19.1. The number of halogens is 1. The zero-order valence-corrected chi connectivity index (χ0v) is 15.3. The number of hydrogen-bond donors (Lipinski definition) is 2. The van der Waals surface area contributed by atoms with Crippen LogP contribution in [0.2, 0.25) is 0 Å². The van der Waals surface area contributed by atoms with Crippen molar-refractivity contribution in [3.8, 4) is 0 Å². The van der Waals surface area contributed by atoms with Gasteiger partial charge in [0.15, 0.2) is 0 Å². The molecule has 1 atom stereocenters. The summed E-state index contributed by atoms with van der Waals surface area (Å²) in [5.41, 5.74) is -0.0873. The van der Waals surface area contributed by atoms with Crippen LogP contribution < -0.4 is 10.6 Å². The van der Waals surface area contributed by atoms with Gasteiger partial charge in [0, 0.05) is 18.5 Å². The Hall–Kier alpha value is -1.95. The van der Waals surface area contributed by atoms with Crippen molar-refractivity contribution in [3.05, 3.63) is 30.1 Å². The average Bonchev–Trinajstić information content (AvgIpc) is 2.54. The van der Waals surface area contributed by atoms with Crippen LogP contribution in [0.3, 0.4) is 0 Å². The van der Waals surface area contributed by atoms with Gasteiger partial charge in [0.2, 0.25) is 11.8 Å². The van der Waals surface area contributed by atoms with Crippen molar-refractivity contribution < 1.29 is 14.0 Å². The van der Waals surface area contributed by atoms with Crippen LogP contribution in [0.15, 0.2) is 24.3 Å². The van der Waals surface area contributed by atoms with Gasteiger partial charge in [-0.25, -0.2) is 4.39 Å². The van der Waals surface area contributed by atoms with E-state index in [9.17, 15) is 14.0 Å². The largest absolute Gasteiger partial charge is 0.350 e. The molecule has 2 amide bonds. The van der Waals surface area contributed by atoms with Gasteiger partial charge < -0.3 is 10.6 Å². The van der Waals surface area contributed by atoms with Crippen LogP contribution in [0.4, 0.5) is 10.1 Å². The topological polar surface area (TPSA) is 61.4 Å². The van der Waals surface area contributed by atoms with Gasteiger partial charge in [-0.05, 0) is 52.3 Å². The number of piperidine rings is 1. The minimum atomic E-state index is -0.448. The van der Waals surface area contributed by atoms with Crippen LogP contribution in [0, 0.1) is 5.82 Å².